The zero-order valence-corrected chi connectivity index (χ0v) is 11.6. The maximum Gasteiger partial charge on any atom is 0.212 e. The fourth-order valence-electron chi connectivity index (χ4n) is 2.11. The zero-order chi connectivity index (χ0) is 13.9. The second kappa shape index (κ2) is 5.54. The van der Waals surface area contributed by atoms with Crippen molar-refractivity contribution in [1.29, 1.82) is 5.41 Å². The van der Waals surface area contributed by atoms with Crippen molar-refractivity contribution < 1.29 is 4.39 Å². The van der Waals surface area contributed by atoms with Crippen molar-refractivity contribution in [3.63, 3.8) is 0 Å². The van der Waals surface area contributed by atoms with E-state index in [-0.39, 0.29) is 0 Å². The number of hydrogen-bond donors (Lipinski definition) is 1. The molecule has 1 aliphatic rings. The van der Waals surface area contributed by atoms with Gasteiger partial charge >= 0.3 is 0 Å². The van der Waals surface area contributed by atoms with E-state index < -0.39 is 5.95 Å². The first-order valence-electron chi connectivity index (χ1n) is 6.33. The molecule has 0 aliphatic carbocycles. The van der Waals surface area contributed by atoms with Gasteiger partial charge in [-0.25, -0.2) is 9.97 Å². The molecule has 2 aromatic heterocycles. The molecule has 1 fully saturated rings. The van der Waals surface area contributed by atoms with Crippen LogP contribution in [0.1, 0.15) is 0 Å². The largest absolute Gasteiger partial charge is 0.360 e. The maximum absolute atomic E-state index is 12.8. The SMILES string of the molecule is N=CN1CCN(c2ncc(-c3ccc(F)nc3)s2)CC1. The summed E-state index contributed by atoms with van der Waals surface area (Å²) in [6.07, 6.45) is 4.71. The van der Waals surface area contributed by atoms with Gasteiger partial charge in [-0.1, -0.05) is 11.3 Å². The summed E-state index contributed by atoms with van der Waals surface area (Å²) in [5.41, 5.74) is 0.883. The molecule has 0 radical (unpaired) electrons. The number of rotatable bonds is 3. The predicted octanol–water partition coefficient (Wildman–Crippen LogP) is 2.07. The van der Waals surface area contributed by atoms with Crippen LogP contribution in [0.3, 0.4) is 0 Å². The summed E-state index contributed by atoms with van der Waals surface area (Å²) < 4.78 is 12.8. The van der Waals surface area contributed by atoms with Crippen LogP contribution in [0.15, 0.2) is 24.5 Å². The van der Waals surface area contributed by atoms with Crippen molar-refractivity contribution in [3.8, 4) is 10.4 Å². The number of piperazine rings is 1. The van der Waals surface area contributed by atoms with Crippen LogP contribution in [-0.2, 0) is 0 Å². The lowest BCUT2D eigenvalue weighted by molar-refractivity contribution is 0.394. The lowest BCUT2D eigenvalue weighted by atomic mass is 10.2. The summed E-state index contributed by atoms with van der Waals surface area (Å²) in [6, 6.07) is 3.07. The molecule has 0 atom stereocenters. The summed E-state index contributed by atoms with van der Waals surface area (Å²) in [7, 11) is 0. The van der Waals surface area contributed by atoms with E-state index in [1.807, 2.05) is 4.90 Å². The Balaban J connectivity index is 1.74. The lowest BCUT2D eigenvalue weighted by Crippen LogP contribution is -2.45. The molecular weight excluding hydrogens is 277 g/mol. The normalized spacial score (nSPS) is 15.4. The Morgan fingerprint density at radius 3 is 2.60 bits per heavy atom. The fraction of sp³-hybridized carbons (Fsp3) is 0.308. The molecule has 1 saturated heterocycles. The van der Waals surface area contributed by atoms with Gasteiger partial charge in [0.2, 0.25) is 5.95 Å². The standard InChI is InChI=1S/C13H14FN5S/c14-12-2-1-10(7-16-12)11-8-17-13(20-11)19-5-3-18(9-15)4-6-19/h1-2,7-9,15H,3-6H2. The summed E-state index contributed by atoms with van der Waals surface area (Å²) in [4.78, 5) is 13.3. The lowest BCUT2D eigenvalue weighted by Gasteiger charge is -2.33. The number of anilines is 1. The van der Waals surface area contributed by atoms with Gasteiger partial charge in [0, 0.05) is 44.1 Å². The summed E-state index contributed by atoms with van der Waals surface area (Å²) in [5, 5.41) is 8.20. The number of nitrogens with zero attached hydrogens (tertiary/aromatic N) is 4. The van der Waals surface area contributed by atoms with Gasteiger partial charge in [-0.3, -0.25) is 5.41 Å². The van der Waals surface area contributed by atoms with E-state index >= 15 is 0 Å². The van der Waals surface area contributed by atoms with Crippen LogP contribution in [0.5, 0.6) is 0 Å². The minimum absolute atomic E-state index is 0.471. The van der Waals surface area contributed by atoms with Crippen LogP contribution in [0, 0.1) is 11.4 Å². The fourth-order valence-corrected chi connectivity index (χ4v) is 3.07. The molecule has 0 unspecified atom stereocenters. The van der Waals surface area contributed by atoms with E-state index in [1.54, 1.807) is 23.6 Å². The number of aromatic nitrogens is 2. The van der Waals surface area contributed by atoms with Gasteiger partial charge in [0.05, 0.1) is 11.2 Å². The Morgan fingerprint density at radius 1 is 1.15 bits per heavy atom. The Kier molecular flexibility index (Phi) is 3.60. The summed E-state index contributed by atoms with van der Waals surface area (Å²) in [6.45, 7) is 3.42. The molecule has 3 rings (SSSR count). The average Bonchev–Trinajstić information content (AvgIpc) is 2.98. The van der Waals surface area contributed by atoms with Gasteiger partial charge < -0.3 is 9.80 Å². The third kappa shape index (κ3) is 2.62. The molecule has 104 valence electrons. The molecule has 20 heavy (non-hydrogen) atoms. The molecular formula is C13H14FN5S. The van der Waals surface area contributed by atoms with Crippen molar-refractivity contribution in [3.05, 3.63) is 30.5 Å². The van der Waals surface area contributed by atoms with Crippen LogP contribution >= 0.6 is 11.3 Å². The van der Waals surface area contributed by atoms with E-state index in [1.165, 1.54) is 18.6 Å². The van der Waals surface area contributed by atoms with Crippen molar-refractivity contribution >= 4 is 22.8 Å². The van der Waals surface area contributed by atoms with Crippen molar-refractivity contribution in [2.24, 2.45) is 0 Å². The van der Waals surface area contributed by atoms with E-state index in [9.17, 15) is 4.39 Å². The Bertz CT molecular complexity index is 589. The maximum atomic E-state index is 12.8. The van der Waals surface area contributed by atoms with E-state index in [0.717, 1.165) is 41.8 Å². The van der Waals surface area contributed by atoms with E-state index in [4.69, 9.17) is 5.41 Å². The molecule has 0 saturated carbocycles. The monoisotopic (exact) mass is 291 g/mol. The molecule has 0 aromatic carbocycles. The van der Waals surface area contributed by atoms with Crippen LogP contribution in [0.4, 0.5) is 9.52 Å². The molecule has 2 aromatic rings. The number of nitrogens with one attached hydrogen (secondary N) is 1. The van der Waals surface area contributed by atoms with Gasteiger partial charge in [0.1, 0.15) is 0 Å². The highest BCUT2D eigenvalue weighted by Crippen LogP contribution is 2.31. The molecule has 0 amide bonds. The number of hydrogen-bond acceptors (Lipinski definition) is 5. The molecule has 7 heteroatoms. The number of thiazole rings is 1. The van der Waals surface area contributed by atoms with Crippen LogP contribution < -0.4 is 4.90 Å². The van der Waals surface area contributed by atoms with Gasteiger partial charge in [-0.2, -0.15) is 4.39 Å². The van der Waals surface area contributed by atoms with Gasteiger partial charge in [-0.15, -0.1) is 0 Å². The molecule has 0 bridgehead atoms. The third-order valence-corrected chi connectivity index (χ3v) is 4.38. The number of halogens is 1. The minimum atomic E-state index is -0.471. The highest BCUT2D eigenvalue weighted by Gasteiger charge is 2.18. The Labute approximate surface area is 120 Å². The number of pyridine rings is 1. The van der Waals surface area contributed by atoms with Crippen LogP contribution in [0.25, 0.3) is 10.4 Å². The van der Waals surface area contributed by atoms with Gasteiger partial charge in [-0.05, 0) is 12.1 Å². The average molecular weight is 291 g/mol. The van der Waals surface area contributed by atoms with Gasteiger partial charge in [0.15, 0.2) is 5.13 Å². The Hall–Kier alpha value is -2.02. The van der Waals surface area contributed by atoms with E-state index in [0.29, 0.717) is 0 Å². The molecule has 5 nitrogen and oxygen atoms in total. The molecule has 1 N–H and O–H groups in total. The smallest absolute Gasteiger partial charge is 0.212 e. The van der Waals surface area contributed by atoms with Crippen LogP contribution in [-0.4, -0.2) is 47.4 Å². The third-order valence-electron chi connectivity index (χ3n) is 3.27. The second-order valence-electron chi connectivity index (χ2n) is 4.53. The van der Waals surface area contributed by atoms with Crippen LogP contribution in [0.2, 0.25) is 0 Å². The predicted molar refractivity (Wildman–Crippen MR) is 77.9 cm³/mol. The first-order valence-corrected chi connectivity index (χ1v) is 7.15. The molecule has 3 heterocycles. The van der Waals surface area contributed by atoms with Crippen molar-refractivity contribution in [2.75, 3.05) is 31.1 Å². The molecule has 1 aliphatic heterocycles. The van der Waals surface area contributed by atoms with Gasteiger partial charge in [0.25, 0.3) is 0 Å². The van der Waals surface area contributed by atoms with Crippen molar-refractivity contribution in [2.45, 2.75) is 0 Å². The quantitative estimate of drug-likeness (QED) is 0.534. The molecule has 0 spiro atoms. The minimum Gasteiger partial charge on any atom is -0.360 e. The highest BCUT2D eigenvalue weighted by atomic mass is 32.1. The Morgan fingerprint density at radius 2 is 1.95 bits per heavy atom. The van der Waals surface area contributed by atoms with Crippen molar-refractivity contribution in [1.82, 2.24) is 14.9 Å². The zero-order valence-electron chi connectivity index (χ0n) is 10.8. The summed E-state index contributed by atoms with van der Waals surface area (Å²) in [5.74, 6) is -0.471. The first kappa shape index (κ1) is 13.0. The summed E-state index contributed by atoms with van der Waals surface area (Å²) >= 11 is 1.58. The topological polar surface area (TPSA) is 56.1 Å². The second-order valence-corrected chi connectivity index (χ2v) is 5.54. The first-order chi connectivity index (χ1) is 9.76. The van der Waals surface area contributed by atoms with E-state index in [2.05, 4.69) is 14.9 Å². The highest BCUT2D eigenvalue weighted by molar-refractivity contribution is 7.18.